The van der Waals surface area contributed by atoms with Crippen molar-refractivity contribution >= 4 is 23.7 Å². The highest BCUT2D eigenvalue weighted by atomic mass is 35.5. The molecule has 0 aliphatic rings. The van der Waals surface area contributed by atoms with E-state index in [-0.39, 0.29) is 5.56 Å². The van der Waals surface area contributed by atoms with Crippen LogP contribution in [0.3, 0.4) is 0 Å². The normalized spacial score (nSPS) is 11.5. The highest BCUT2D eigenvalue weighted by Gasteiger charge is 2.30. The minimum atomic E-state index is -4.54. The van der Waals surface area contributed by atoms with Crippen molar-refractivity contribution in [2.24, 2.45) is 5.10 Å². The Kier molecular flexibility index (Phi) is 6.68. The molecule has 5 nitrogen and oxygen atoms in total. The van der Waals surface area contributed by atoms with Gasteiger partial charge in [0.25, 0.3) is 5.91 Å². The Bertz CT molecular complexity index is 854. The minimum Gasteiger partial charge on any atom is -0.493 e. The van der Waals surface area contributed by atoms with Crippen LogP contribution in [0.5, 0.6) is 11.5 Å². The fourth-order valence-electron chi connectivity index (χ4n) is 2.14. The first-order chi connectivity index (χ1) is 12.8. The zero-order valence-electron chi connectivity index (χ0n) is 14.4. The standard InChI is InChI=1S/C18H16ClF3N2O3/c1-3-27-16-9-14(19)12(8-15(16)26-2)10-23-24-17(25)11-5-4-6-13(7-11)18(20,21)22/h4-10H,3H2,1-2H3,(H,24,25)/b23-10-. The number of hydrogen-bond donors (Lipinski definition) is 1. The number of amides is 1. The lowest BCUT2D eigenvalue weighted by Crippen LogP contribution is -2.18. The van der Waals surface area contributed by atoms with Crippen LogP contribution in [-0.4, -0.2) is 25.8 Å². The third-order valence-corrected chi connectivity index (χ3v) is 3.73. The minimum absolute atomic E-state index is 0.169. The Morgan fingerprint density at radius 2 is 2.00 bits per heavy atom. The maximum absolute atomic E-state index is 12.7. The van der Waals surface area contributed by atoms with E-state index >= 15 is 0 Å². The van der Waals surface area contributed by atoms with Crippen molar-refractivity contribution in [3.63, 3.8) is 0 Å². The van der Waals surface area contributed by atoms with Crippen molar-refractivity contribution in [3.8, 4) is 11.5 Å². The summed E-state index contributed by atoms with van der Waals surface area (Å²) in [6.07, 6.45) is -3.28. The molecular weight excluding hydrogens is 385 g/mol. The van der Waals surface area contributed by atoms with Gasteiger partial charge in [0.2, 0.25) is 0 Å². The Morgan fingerprint density at radius 1 is 1.26 bits per heavy atom. The summed E-state index contributed by atoms with van der Waals surface area (Å²) in [4.78, 5) is 12.0. The van der Waals surface area contributed by atoms with Crippen LogP contribution < -0.4 is 14.9 Å². The first-order valence-corrected chi connectivity index (χ1v) is 8.15. The summed E-state index contributed by atoms with van der Waals surface area (Å²) in [7, 11) is 1.46. The molecule has 0 heterocycles. The largest absolute Gasteiger partial charge is 0.493 e. The smallest absolute Gasteiger partial charge is 0.416 e. The molecule has 1 N–H and O–H groups in total. The number of methoxy groups -OCH3 is 1. The van der Waals surface area contributed by atoms with Crippen LogP contribution >= 0.6 is 11.6 Å². The van der Waals surface area contributed by atoms with Crippen LogP contribution in [0, 0.1) is 0 Å². The van der Waals surface area contributed by atoms with Crippen LogP contribution in [0.2, 0.25) is 5.02 Å². The van der Waals surface area contributed by atoms with Gasteiger partial charge in [0, 0.05) is 17.2 Å². The van der Waals surface area contributed by atoms with Crippen LogP contribution in [0.4, 0.5) is 13.2 Å². The lowest BCUT2D eigenvalue weighted by atomic mass is 10.1. The van der Waals surface area contributed by atoms with E-state index < -0.39 is 17.6 Å². The van der Waals surface area contributed by atoms with E-state index in [1.54, 1.807) is 12.1 Å². The van der Waals surface area contributed by atoms with Crippen LogP contribution in [0.15, 0.2) is 41.5 Å². The van der Waals surface area contributed by atoms with Crippen molar-refractivity contribution in [1.29, 1.82) is 0 Å². The van der Waals surface area contributed by atoms with E-state index in [1.807, 2.05) is 6.92 Å². The highest BCUT2D eigenvalue weighted by Crippen LogP contribution is 2.32. The van der Waals surface area contributed by atoms with Crippen LogP contribution in [-0.2, 0) is 6.18 Å². The average molecular weight is 401 g/mol. The Hall–Kier alpha value is -2.74. The van der Waals surface area contributed by atoms with Crippen molar-refractivity contribution < 1.29 is 27.4 Å². The van der Waals surface area contributed by atoms with E-state index in [2.05, 4.69) is 10.5 Å². The summed E-state index contributed by atoms with van der Waals surface area (Å²) >= 11 is 6.13. The SMILES string of the molecule is CCOc1cc(Cl)c(/C=N\NC(=O)c2cccc(C(F)(F)F)c2)cc1OC. The first-order valence-electron chi connectivity index (χ1n) is 7.77. The molecule has 0 fully saturated rings. The molecule has 1 amide bonds. The molecule has 9 heteroatoms. The molecule has 0 spiro atoms. The molecule has 2 aromatic carbocycles. The molecule has 2 aromatic rings. The van der Waals surface area contributed by atoms with E-state index in [0.717, 1.165) is 18.2 Å². The molecule has 0 aliphatic carbocycles. The third-order valence-electron chi connectivity index (χ3n) is 3.40. The second-order valence-electron chi connectivity index (χ2n) is 5.24. The molecule has 0 saturated carbocycles. The number of alkyl halides is 3. The van der Waals surface area contributed by atoms with Gasteiger partial charge in [-0.05, 0) is 31.2 Å². The average Bonchev–Trinajstić information content (AvgIpc) is 2.63. The Labute approximate surface area is 158 Å². The van der Waals surface area contributed by atoms with Gasteiger partial charge in [-0.2, -0.15) is 18.3 Å². The van der Waals surface area contributed by atoms with Crippen molar-refractivity contribution in [2.45, 2.75) is 13.1 Å². The summed E-state index contributed by atoms with van der Waals surface area (Å²) in [5.41, 5.74) is 1.51. The van der Waals surface area contributed by atoms with Crippen LogP contribution in [0.1, 0.15) is 28.4 Å². The number of hydrogen-bond acceptors (Lipinski definition) is 4. The maximum atomic E-state index is 12.7. The van der Waals surface area contributed by atoms with Crippen molar-refractivity contribution in [2.75, 3.05) is 13.7 Å². The third kappa shape index (κ3) is 5.37. The number of rotatable bonds is 6. The topological polar surface area (TPSA) is 59.9 Å². The summed E-state index contributed by atoms with van der Waals surface area (Å²) in [6.45, 7) is 2.24. The predicted octanol–water partition coefficient (Wildman–Crippen LogP) is 4.53. The van der Waals surface area contributed by atoms with Gasteiger partial charge in [0.1, 0.15) is 0 Å². The lowest BCUT2D eigenvalue weighted by Gasteiger charge is -2.11. The zero-order chi connectivity index (χ0) is 20.0. The molecule has 0 radical (unpaired) electrons. The van der Waals surface area contributed by atoms with Gasteiger partial charge >= 0.3 is 6.18 Å². The monoisotopic (exact) mass is 400 g/mol. The molecule has 2 rings (SSSR count). The van der Waals surface area contributed by atoms with Crippen molar-refractivity contribution in [1.82, 2.24) is 5.43 Å². The molecule has 0 atom stereocenters. The highest BCUT2D eigenvalue weighted by molar-refractivity contribution is 6.33. The second kappa shape index (κ2) is 8.77. The quantitative estimate of drug-likeness (QED) is 0.572. The summed E-state index contributed by atoms with van der Waals surface area (Å²) in [5, 5.41) is 4.04. The van der Waals surface area contributed by atoms with Gasteiger partial charge < -0.3 is 9.47 Å². The van der Waals surface area contributed by atoms with Gasteiger partial charge in [-0.25, -0.2) is 5.43 Å². The van der Waals surface area contributed by atoms with Gasteiger partial charge in [0.05, 0.1) is 30.5 Å². The van der Waals surface area contributed by atoms with E-state index in [0.29, 0.717) is 28.7 Å². The molecule has 0 bridgehead atoms. The summed E-state index contributed by atoms with van der Waals surface area (Å²) in [6, 6.07) is 7.14. The molecule has 27 heavy (non-hydrogen) atoms. The van der Waals surface area contributed by atoms with E-state index in [4.69, 9.17) is 21.1 Å². The number of halogens is 4. The first kappa shape index (κ1) is 20.6. The Balaban J connectivity index is 2.14. The number of nitrogens with zero attached hydrogens (tertiary/aromatic N) is 1. The second-order valence-corrected chi connectivity index (χ2v) is 5.64. The fraction of sp³-hybridized carbons (Fsp3) is 0.222. The van der Waals surface area contributed by atoms with Gasteiger partial charge in [-0.1, -0.05) is 17.7 Å². The molecular formula is C18H16ClF3N2O3. The Morgan fingerprint density at radius 3 is 2.63 bits per heavy atom. The lowest BCUT2D eigenvalue weighted by molar-refractivity contribution is -0.137. The number of benzene rings is 2. The van der Waals surface area contributed by atoms with E-state index in [9.17, 15) is 18.0 Å². The number of hydrazone groups is 1. The molecule has 0 aromatic heterocycles. The number of ether oxygens (including phenoxy) is 2. The maximum Gasteiger partial charge on any atom is 0.416 e. The molecule has 0 saturated heterocycles. The number of carbonyl (C=O) groups excluding carboxylic acids is 1. The van der Waals surface area contributed by atoms with E-state index in [1.165, 1.54) is 19.4 Å². The molecule has 0 aliphatic heterocycles. The predicted molar refractivity (Wildman–Crippen MR) is 95.7 cm³/mol. The molecule has 0 unspecified atom stereocenters. The van der Waals surface area contributed by atoms with Crippen molar-refractivity contribution in [3.05, 3.63) is 58.1 Å². The van der Waals surface area contributed by atoms with Gasteiger partial charge in [0.15, 0.2) is 11.5 Å². The fourth-order valence-corrected chi connectivity index (χ4v) is 2.34. The summed E-state index contributed by atoms with van der Waals surface area (Å²) < 4.78 is 48.7. The van der Waals surface area contributed by atoms with Crippen LogP contribution in [0.25, 0.3) is 0 Å². The summed E-state index contributed by atoms with van der Waals surface area (Å²) in [5.74, 6) is 0.0911. The zero-order valence-corrected chi connectivity index (χ0v) is 15.2. The van der Waals surface area contributed by atoms with Gasteiger partial charge in [-0.15, -0.1) is 0 Å². The number of carbonyl (C=O) groups is 1. The number of nitrogens with one attached hydrogen (secondary N) is 1. The van der Waals surface area contributed by atoms with Gasteiger partial charge in [-0.3, -0.25) is 4.79 Å². The molecule has 144 valence electrons.